The maximum absolute atomic E-state index is 10.1. The number of primary amides is 1. The van der Waals surface area contributed by atoms with Crippen molar-refractivity contribution in [3.8, 4) is 0 Å². The van der Waals surface area contributed by atoms with E-state index in [1.165, 1.54) is 11.3 Å². The van der Waals surface area contributed by atoms with Crippen molar-refractivity contribution >= 4 is 17.4 Å². The van der Waals surface area contributed by atoms with Gasteiger partial charge in [0, 0.05) is 5.38 Å². The molecule has 2 N–H and O–H groups in total. The van der Waals surface area contributed by atoms with E-state index >= 15 is 0 Å². The molecular weight excluding hydrogens is 152 g/mol. The molecule has 53 valence electrons. The minimum Gasteiger partial charge on any atom is -0.442 e. The molecule has 0 spiro atoms. The molecule has 0 aliphatic carbocycles. The van der Waals surface area contributed by atoms with Crippen LogP contribution in [0.3, 0.4) is 0 Å². The van der Waals surface area contributed by atoms with Gasteiger partial charge in [-0.15, -0.1) is 11.3 Å². The molecule has 0 atom stereocenters. The Morgan fingerprint density at radius 1 is 2.00 bits per heavy atom. The topological polar surface area (TPSA) is 65.2 Å². The van der Waals surface area contributed by atoms with Gasteiger partial charge in [0.15, 0.2) is 0 Å². The van der Waals surface area contributed by atoms with E-state index in [9.17, 15) is 4.79 Å². The number of nitrogens with two attached hydrogens (primary N) is 1. The van der Waals surface area contributed by atoms with Gasteiger partial charge < -0.3 is 10.5 Å². The van der Waals surface area contributed by atoms with Crippen LogP contribution >= 0.6 is 11.3 Å². The highest BCUT2D eigenvalue weighted by Gasteiger charge is 1.97. The van der Waals surface area contributed by atoms with Crippen LogP contribution < -0.4 is 5.73 Å². The van der Waals surface area contributed by atoms with Crippen LogP contribution in [-0.4, -0.2) is 11.1 Å². The summed E-state index contributed by atoms with van der Waals surface area (Å²) in [5.74, 6) is 0. The average Bonchev–Trinajstić information content (AvgIpc) is 2.34. The Bertz CT molecular complexity index is 209. The number of hydrogen-bond donors (Lipinski definition) is 1. The molecule has 5 heteroatoms. The van der Waals surface area contributed by atoms with Gasteiger partial charge in [-0.3, -0.25) is 0 Å². The van der Waals surface area contributed by atoms with E-state index in [2.05, 4.69) is 15.9 Å². The molecule has 0 fully saturated rings. The quantitative estimate of drug-likeness (QED) is 0.681. The van der Waals surface area contributed by atoms with Crippen molar-refractivity contribution in [3.63, 3.8) is 0 Å². The minimum absolute atomic E-state index is 0.142. The number of hydrogen-bond acceptors (Lipinski definition) is 4. The molecule has 0 aliphatic heterocycles. The maximum Gasteiger partial charge on any atom is 0.404 e. The first-order valence-electron chi connectivity index (χ1n) is 2.51. The van der Waals surface area contributed by atoms with Crippen LogP contribution in [0.2, 0.25) is 0 Å². The first-order valence-corrected chi connectivity index (χ1v) is 3.39. The van der Waals surface area contributed by atoms with Crippen molar-refractivity contribution in [2.75, 3.05) is 0 Å². The Morgan fingerprint density at radius 2 is 2.80 bits per heavy atom. The molecular formula is C5H5N2O2S. The highest BCUT2D eigenvalue weighted by atomic mass is 32.1. The van der Waals surface area contributed by atoms with Crippen LogP contribution in [0.15, 0.2) is 5.38 Å². The van der Waals surface area contributed by atoms with E-state index in [4.69, 9.17) is 5.73 Å². The molecule has 1 heterocycles. The molecule has 10 heavy (non-hydrogen) atoms. The highest BCUT2D eigenvalue weighted by molar-refractivity contribution is 7.09. The fraction of sp³-hybridized carbons (Fsp3) is 0.200. The van der Waals surface area contributed by atoms with Crippen LogP contribution in [0.4, 0.5) is 4.79 Å². The van der Waals surface area contributed by atoms with Crippen molar-refractivity contribution in [3.05, 3.63) is 16.6 Å². The monoisotopic (exact) mass is 157 g/mol. The van der Waals surface area contributed by atoms with Crippen molar-refractivity contribution in [1.82, 2.24) is 4.98 Å². The highest BCUT2D eigenvalue weighted by Crippen LogP contribution is 2.03. The normalized spacial score (nSPS) is 9.20. The first kappa shape index (κ1) is 7.01. The van der Waals surface area contributed by atoms with Gasteiger partial charge >= 0.3 is 6.09 Å². The van der Waals surface area contributed by atoms with Gasteiger partial charge in [-0.25, -0.2) is 9.78 Å². The van der Waals surface area contributed by atoms with Gasteiger partial charge in [0.05, 0.1) is 0 Å². The number of thiazole rings is 1. The smallest absolute Gasteiger partial charge is 0.404 e. The number of ether oxygens (including phenoxy) is 1. The lowest BCUT2D eigenvalue weighted by atomic mass is 10.7. The third kappa shape index (κ3) is 2.02. The molecule has 0 saturated carbocycles. The summed E-state index contributed by atoms with van der Waals surface area (Å²) in [7, 11) is 0. The van der Waals surface area contributed by atoms with Gasteiger partial charge in [0.25, 0.3) is 0 Å². The standard InChI is InChI=1S/C5H5N2O2S/c6-5(8)9-3-4-7-1-2-10-4/h2H,3H2,(H2,6,8). The molecule has 0 aliphatic rings. The lowest BCUT2D eigenvalue weighted by molar-refractivity contribution is 0.150. The third-order valence-electron chi connectivity index (χ3n) is 0.775. The summed E-state index contributed by atoms with van der Waals surface area (Å²) in [4.78, 5) is 13.8. The number of aromatic nitrogens is 1. The zero-order valence-corrected chi connectivity index (χ0v) is 5.85. The van der Waals surface area contributed by atoms with E-state index in [-0.39, 0.29) is 6.61 Å². The second kappa shape index (κ2) is 3.17. The summed E-state index contributed by atoms with van der Waals surface area (Å²) in [6.07, 6.45) is 1.81. The SMILES string of the molecule is NC(=O)OCc1n[c]cs1. The number of carbonyl (C=O) groups excluding carboxylic acids is 1. The van der Waals surface area contributed by atoms with Crippen LogP contribution in [0.25, 0.3) is 0 Å². The largest absolute Gasteiger partial charge is 0.442 e. The van der Waals surface area contributed by atoms with Gasteiger partial charge in [-0.1, -0.05) is 0 Å². The Morgan fingerprint density at radius 3 is 3.30 bits per heavy atom. The Labute approximate surface area is 61.6 Å². The van der Waals surface area contributed by atoms with E-state index in [1.807, 2.05) is 0 Å². The van der Waals surface area contributed by atoms with E-state index in [0.717, 1.165) is 0 Å². The lowest BCUT2D eigenvalue weighted by Crippen LogP contribution is -2.12. The summed E-state index contributed by atoms with van der Waals surface area (Å²) in [5.41, 5.74) is 4.71. The van der Waals surface area contributed by atoms with Gasteiger partial charge in [0.2, 0.25) is 0 Å². The van der Waals surface area contributed by atoms with Gasteiger partial charge in [-0.2, -0.15) is 0 Å². The Kier molecular flexibility index (Phi) is 2.22. The number of carbonyl (C=O) groups is 1. The number of rotatable bonds is 2. The average molecular weight is 157 g/mol. The molecule has 0 saturated heterocycles. The van der Waals surface area contributed by atoms with Crippen molar-refractivity contribution in [2.45, 2.75) is 6.61 Å². The summed E-state index contributed by atoms with van der Waals surface area (Å²) in [6.45, 7) is 0.142. The molecule has 0 unspecified atom stereocenters. The van der Waals surface area contributed by atoms with Crippen LogP contribution in [0.5, 0.6) is 0 Å². The summed E-state index contributed by atoms with van der Waals surface area (Å²) >= 11 is 1.37. The van der Waals surface area contributed by atoms with Gasteiger partial charge in [0.1, 0.15) is 17.8 Å². The van der Waals surface area contributed by atoms with Crippen molar-refractivity contribution in [1.29, 1.82) is 0 Å². The predicted octanol–water partition coefficient (Wildman–Crippen LogP) is 0.539. The minimum atomic E-state index is -0.782. The van der Waals surface area contributed by atoms with E-state index in [1.54, 1.807) is 5.38 Å². The molecule has 4 nitrogen and oxygen atoms in total. The second-order valence-electron chi connectivity index (χ2n) is 1.48. The molecule has 1 aromatic heterocycles. The van der Waals surface area contributed by atoms with E-state index in [0.29, 0.717) is 5.01 Å². The number of nitrogens with zero attached hydrogens (tertiary/aromatic N) is 1. The maximum atomic E-state index is 10.1. The Hall–Kier alpha value is -1.10. The molecule has 1 radical (unpaired) electrons. The summed E-state index contributed by atoms with van der Waals surface area (Å²) in [6, 6.07) is 0. The van der Waals surface area contributed by atoms with Gasteiger partial charge in [-0.05, 0) is 0 Å². The molecule has 1 rings (SSSR count). The zero-order valence-electron chi connectivity index (χ0n) is 5.03. The van der Waals surface area contributed by atoms with Crippen molar-refractivity contribution < 1.29 is 9.53 Å². The molecule has 0 aromatic carbocycles. The molecule has 1 amide bonds. The van der Waals surface area contributed by atoms with Crippen LogP contribution in [0.1, 0.15) is 5.01 Å². The first-order chi connectivity index (χ1) is 4.79. The zero-order chi connectivity index (χ0) is 7.40. The van der Waals surface area contributed by atoms with E-state index < -0.39 is 6.09 Å². The van der Waals surface area contributed by atoms with Crippen LogP contribution in [-0.2, 0) is 11.3 Å². The summed E-state index contributed by atoms with van der Waals surface area (Å²) in [5, 5.41) is 2.37. The van der Waals surface area contributed by atoms with Crippen molar-refractivity contribution in [2.24, 2.45) is 5.73 Å². The lowest BCUT2D eigenvalue weighted by Gasteiger charge is -1.94. The number of amides is 1. The second-order valence-corrected chi connectivity index (χ2v) is 2.42. The third-order valence-corrected chi connectivity index (χ3v) is 1.48. The fourth-order valence-electron chi connectivity index (χ4n) is 0.418. The molecule has 1 aromatic rings. The fourth-order valence-corrected chi connectivity index (χ4v) is 0.892. The Balaban J connectivity index is 2.35. The summed E-state index contributed by atoms with van der Waals surface area (Å²) < 4.78 is 4.45. The molecule has 0 bridgehead atoms. The predicted molar refractivity (Wildman–Crippen MR) is 35.3 cm³/mol. The van der Waals surface area contributed by atoms with Crippen LogP contribution in [0, 0.1) is 6.20 Å².